The first-order chi connectivity index (χ1) is 26.6. The fourth-order valence-electron chi connectivity index (χ4n) is 8.17. The molecule has 0 atom stereocenters. The van der Waals surface area contributed by atoms with Gasteiger partial charge in [0.25, 0.3) is 5.91 Å². The number of hydrogen-bond donors (Lipinski definition) is 2. The van der Waals surface area contributed by atoms with E-state index in [0.29, 0.717) is 65.8 Å². The third-order valence-corrected chi connectivity index (χ3v) is 14.2. The third kappa shape index (κ3) is 12.4. The van der Waals surface area contributed by atoms with Crippen molar-refractivity contribution >= 4 is 28.6 Å². The Kier molecular flexibility index (Phi) is 16.4. The fraction of sp³-hybridized carbons (Fsp3) is 0.811. The number of aliphatic hydroxyl groups is 2. The van der Waals surface area contributed by atoms with E-state index in [2.05, 4.69) is 9.97 Å². The summed E-state index contributed by atoms with van der Waals surface area (Å²) in [5.41, 5.74) is 0.654. The maximum atomic E-state index is 12.8. The largest absolute Gasteiger partial charge is 0.391 e. The summed E-state index contributed by atoms with van der Waals surface area (Å²) < 4.78 is 154. The Bertz CT molecular complexity index is 1600. The maximum absolute atomic E-state index is 12.8. The van der Waals surface area contributed by atoms with Crippen LogP contribution in [0.3, 0.4) is 0 Å². The molecule has 0 unspecified atom stereocenters. The van der Waals surface area contributed by atoms with Gasteiger partial charge in [-0.2, -0.15) is 52.7 Å². The number of nitrogens with zero attached hydrogens (tertiary/aromatic N) is 4. The lowest BCUT2D eigenvalue weighted by atomic mass is 9.82. The lowest BCUT2D eigenvalue weighted by molar-refractivity contribution is -0.185. The summed E-state index contributed by atoms with van der Waals surface area (Å²) >= 11 is 2.42. The second kappa shape index (κ2) is 19.6. The van der Waals surface area contributed by atoms with Gasteiger partial charge in [-0.1, -0.05) is 7.43 Å². The first kappa shape index (κ1) is 48.4. The van der Waals surface area contributed by atoms with Crippen molar-refractivity contribution < 1.29 is 67.7 Å². The van der Waals surface area contributed by atoms with Crippen molar-refractivity contribution in [2.45, 2.75) is 141 Å². The summed E-state index contributed by atoms with van der Waals surface area (Å²) in [6, 6.07) is 0. The highest BCUT2D eigenvalue weighted by Gasteiger charge is 2.45. The van der Waals surface area contributed by atoms with Gasteiger partial charge in [0, 0.05) is 31.5 Å². The summed E-state index contributed by atoms with van der Waals surface area (Å²) in [4.78, 5) is 25.8. The van der Waals surface area contributed by atoms with Gasteiger partial charge >= 0.3 is 24.7 Å². The van der Waals surface area contributed by atoms with Gasteiger partial charge in [0.05, 0.1) is 62.3 Å². The van der Waals surface area contributed by atoms with E-state index >= 15 is 0 Å². The van der Waals surface area contributed by atoms with Crippen LogP contribution in [0.4, 0.5) is 52.7 Å². The molecule has 21 heteroatoms. The molecule has 1 amide bonds. The number of likely N-dealkylation sites (tertiary alicyclic amines) is 2. The Balaban J connectivity index is 0.000000252. The predicted molar refractivity (Wildman–Crippen MR) is 193 cm³/mol. The average Bonchev–Trinajstić information content (AvgIpc) is 3.78. The molecule has 2 saturated heterocycles. The third-order valence-electron chi connectivity index (χ3n) is 11.7. The van der Waals surface area contributed by atoms with Crippen LogP contribution in [0.25, 0.3) is 0 Å². The first-order valence-corrected chi connectivity index (χ1v) is 20.7. The molecule has 7 nitrogen and oxygen atoms in total. The minimum absolute atomic E-state index is 0. The monoisotopic (exact) mass is 890 g/mol. The van der Waals surface area contributed by atoms with Crippen molar-refractivity contribution in [3.05, 3.63) is 31.2 Å². The minimum Gasteiger partial charge on any atom is -0.391 e. The zero-order chi connectivity index (χ0) is 41.9. The molecule has 4 aliphatic rings. The normalized spacial score (nSPS) is 24.9. The smallest absolute Gasteiger partial charge is 0.391 e. The van der Waals surface area contributed by atoms with E-state index in [9.17, 15) is 67.7 Å². The summed E-state index contributed by atoms with van der Waals surface area (Å²) in [6.07, 6.45) is -15.5. The molecule has 0 spiro atoms. The Labute approximate surface area is 337 Å². The summed E-state index contributed by atoms with van der Waals surface area (Å²) in [5.74, 6) is -6.06. The predicted octanol–water partition coefficient (Wildman–Crippen LogP) is 10.8. The van der Waals surface area contributed by atoms with E-state index in [0.717, 1.165) is 16.3 Å². The number of aromatic nitrogens is 2. The van der Waals surface area contributed by atoms with Crippen molar-refractivity contribution in [3.8, 4) is 0 Å². The van der Waals surface area contributed by atoms with E-state index in [1.165, 1.54) is 16.2 Å². The second-order valence-electron chi connectivity index (χ2n) is 15.4. The number of alkyl halides is 12. The topological polar surface area (TPSA) is 89.8 Å². The van der Waals surface area contributed by atoms with Crippen LogP contribution in [-0.2, 0) is 19.8 Å². The van der Waals surface area contributed by atoms with Crippen LogP contribution in [0.5, 0.6) is 0 Å². The highest BCUT2D eigenvalue weighted by atomic mass is 32.1. The van der Waals surface area contributed by atoms with Gasteiger partial charge in [0.2, 0.25) is 0 Å². The molecule has 6 rings (SSSR count). The van der Waals surface area contributed by atoms with Gasteiger partial charge in [-0.15, -0.1) is 22.7 Å². The highest BCUT2D eigenvalue weighted by Crippen LogP contribution is 2.46. The molecule has 332 valence electrons. The zero-order valence-corrected chi connectivity index (χ0v) is 32.5. The summed E-state index contributed by atoms with van der Waals surface area (Å²) in [5, 5.41) is 20.4. The van der Waals surface area contributed by atoms with E-state index in [4.69, 9.17) is 0 Å². The van der Waals surface area contributed by atoms with Crippen LogP contribution >= 0.6 is 22.7 Å². The van der Waals surface area contributed by atoms with Crippen molar-refractivity contribution in [1.82, 2.24) is 19.8 Å². The van der Waals surface area contributed by atoms with E-state index in [1.54, 1.807) is 0 Å². The second-order valence-corrected chi connectivity index (χ2v) is 17.7. The van der Waals surface area contributed by atoms with E-state index in [1.807, 2.05) is 4.90 Å². The summed E-state index contributed by atoms with van der Waals surface area (Å²) in [6.45, 7) is 0.250. The number of aliphatic hydroxyl groups excluding tert-OH is 2. The van der Waals surface area contributed by atoms with Crippen LogP contribution in [0.2, 0.25) is 0 Å². The zero-order valence-electron chi connectivity index (χ0n) is 30.8. The van der Waals surface area contributed by atoms with Crippen LogP contribution < -0.4 is 0 Å². The van der Waals surface area contributed by atoms with Crippen LogP contribution in [0.15, 0.2) is 0 Å². The Morgan fingerprint density at radius 3 is 1.31 bits per heavy atom. The molecular weight excluding hydrogens is 841 g/mol. The van der Waals surface area contributed by atoms with Gasteiger partial charge in [0.1, 0.15) is 5.69 Å². The van der Waals surface area contributed by atoms with E-state index < -0.39 is 60.9 Å². The first-order valence-electron chi connectivity index (χ1n) is 19.1. The van der Waals surface area contributed by atoms with Crippen LogP contribution in [-0.4, -0.2) is 86.8 Å². The standard InChI is InChI=1S/C18H22F6N2O2S.C18H24F6N2OS.CH4/c19-17(20,21)11-3-1-10(2-4-11)15-25-14(13(9-27)29-15)16(28)26-7-5-12(6-8-26)18(22,23)24;19-17(20,21)12-3-1-11(2-4-12)16-25-14(15(10-27)28-16)9-26-7-5-13(6-8-26)18(22,23)24;/h10-12,27H,1-9H2;11-13,27H,1-10H2;1H4. The van der Waals surface area contributed by atoms with Crippen LogP contribution in [0.1, 0.15) is 132 Å². The number of carbonyl (C=O) groups excluding carboxylic acids is 1. The van der Waals surface area contributed by atoms with E-state index in [-0.39, 0.29) is 96.0 Å². The lowest BCUT2D eigenvalue weighted by Crippen LogP contribution is -2.42. The Hall–Kier alpha value is -2.23. The maximum Gasteiger partial charge on any atom is 0.391 e. The number of carbonyl (C=O) groups is 1. The number of halogens is 12. The molecule has 58 heavy (non-hydrogen) atoms. The quantitative estimate of drug-likeness (QED) is 0.269. The number of hydrogen-bond acceptors (Lipinski definition) is 8. The van der Waals surface area contributed by atoms with Crippen LogP contribution in [0, 0.1) is 23.7 Å². The molecular formula is C37H50F12N4O3S2. The summed E-state index contributed by atoms with van der Waals surface area (Å²) in [7, 11) is 0. The molecule has 2 aromatic heterocycles. The molecule has 2 aliphatic heterocycles. The molecule has 4 fully saturated rings. The number of piperidine rings is 2. The molecule has 2 aliphatic carbocycles. The van der Waals surface area contributed by atoms with Gasteiger partial charge < -0.3 is 15.1 Å². The highest BCUT2D eigenvalue weighted by molar-refractivity contribution is 7.12. The number of rotatable bonds is 7. The van der Waals surface area contributed by atoms with Crippen molar-refractivity contribution in [1.29, 1.82) is 0 Å². The average molecular weight is 891 g/mol. The van der Waals surface area contributed by atoms with Gasteiger partial charge in [-0.3, -0.25) is 9.69 Å². The molecule has 0 radical (unpaired) electrons. The fourth-order valence-corrected chi connectivity index (χ4v) is 10.4. The van der Waals surface area contributed by atoms with Gasteiger partial charge in [-0.05, 0) is 90.1 Å². The van der Waals surface area contributed by atoms with Gasteiger partial charge in [-0.25, -0.2) is 9.97 Å². The molecule has 2 N–H and O–H groups in total. The molecule has 2 saturated carbocycles. The Morgan fingerprint density at radius 1 is 0.552 bits per heavy atom. The molecule has 2 aromatic rings. The SMILES string of the molecule is C.O=C(c1nc(C2CCC(C(F)(F)F)CC2)sc1CO)N1CCC(C(F)(F)F)CC1.OCc1sc(C2CCC(C(F)(F)F)CC2)nc1CN1CCC(C(F)(F)F)CC1. The number of amides is 1. The lowest BCUT2D eigenvalue weighted by Gasteiger charge is -2.32. The molecule has 0 bridgehead atoms. The van der Waals surface area contributed by atoms with Crippen molar-refractivity contribution in [2.24, 2.45) is 23.7 Å². The number of thiazole rings is 2. The van der Waals surface area contributed by atoms with Crippen molar-refractivity contribution in [2.75, 3.05) is 26.2 Å². The minimum atomic E-state index is -4.28. The molecule has 4 heterocycles. The van der Waals surface area contributed by atoms with Crippen molar-refractivity contribution in [3.63, 3.8) is 0 Å². The van der Waals surface area contributed by atoms with Gasteiger partial charge in [0.15, 0.2) is 0 Å². The molecule has 0 aromatic carbocycles. The Morgan fingerprint density at radius 2 is 0.914 bits per heavy atom.